The van der Waals surface area contributed by atoms with Gasteiger partial charge in [-0.2, -0.15) is 0 Å². The van der Waals surface area contributed by atoms with Gasteiger partial charge in [-0.15, -0.1) is 0 Å². The van der Waals surface area contributed by atoms with Crippen LogP contribution < -0.4 is 5.32 Å². The standard InChI is InChI=1S/C15H22N2O3/c1-4-6-9-17(5-2)15(20)16-13-10-12(14(18)19)8-7-11(13)3/h7-8,10H,4-6,9H2,1-3H3,(H,16,20)(H,18,19). The van der Waals surface area contributed by atoms with Crippen molar-refractivity contribution in [3.05, 3.63) is 29.3 Å². The molecule has 0 bridgehead atoms. The van der Waals surface area contributed by atoms with Crippen LogP contribution in [0, 0.1) is 6.92 Å². The molecule has 0 spiro atoms. The lowest BCUT2D eigenvalue weighted by Gasteiger charge is -2.21. The first kappa shape index (κ1) is 16.0. The zero-order valence-corrected chi connectivity index (χ0v) is 12.3. The summed E-state index contributed by atoms with van der Waals surface area (Å²) in [5.41, 5.74) is 1.56. The molecule has 1 rings (SSSR count). The van der Waals surface area contributed by atoms with Crippen LogP contribution in [0.2, 0.25) is 0 Å². The molecule has 0 aliphatic carbocycles. The Bertz CT molecular complexity index is 486. The van der Waals surface area contributed by atoms with E-state index in [0.717, 1.165) is 18.4 Å². The second-order valence-corrected chi connectivity index (χ2v) is 4.70. The minimum atomic E-state index is -1.00. The summed E-state index contributed by atoms with van der Waals surface area (Å²) in [5.74, 6) is -1.00. The molecule has 5 nitrogen and oxygen atoms in total. The van der Waals surface area contributed by atoms with Gasteiger partial charge < -0.3 is 15.3 Å². The lowest BCUT2D eigenvalue weighted by atomic mass is 10.1. The number of nitrogens with zero attached hydrogens (tertiary/aromatic N) is 1. The maximum Gasteiger partial charge on any atom is 0.335 e. The van der Waals surface area contributed by atoms with Gasteiger partial charge in [-0.1, -0.05) is 19.4 Å². The van der Waals surface area contributed by atoms with Crippen molar-refractivity contribution in [2.75, 3.05) is 18.4 Å². The van der Waals surface area contributed by atoms with E-state index in [-0.39, 0.29) is 11.6 Å². The lowest BCUT2D eigenvalue weighted by molar-refractivity contribution is 0.0697. The zero-order chi connectivity index (χ0) is 15.1. The number of hydrogen-bond donors (Lipinski definition) is 2. The molecule has 0 unspecified atom stereocenters. The van der Waals surface area contributed by atoms with Crippen molar-refractivity contribution in [1.82, 2.24) is 4.90 Å². The third-order valence-electron chi connectivity index (χ3n) is 3.18. The average molecular weight is 278 g/mol. The summed E-state index contributed by atoms with van der Waals surface area (Å²) in [4.78, 5) is 24.8. The van der Waals surface area contributed by atoms with E-state index in [1.165, 1.54) is 12.1 Å². The van der Waals surface area contributed by atoms with Gasteiger partial charge in [0.15, 0.2) is 0 Å². The first-order chi connectivity index (χ1) is 9.49. The molecule has 1 aromatic carbocycles. The number of carbonyl (C=O) groups excluding carboxylic acids is 1. The quantitative estimate of drug-likeness (QED) is 0.838. The van der Waals surface area contributed by atoms with Crippen molar-refractivity contribution in [2.45, 2.75) is 33.6 Å². The predicted octanol–water partition coefficient (Wildman–Crippen LogP) is 3.35. The summed E-state index contributed by atoms with van der Waals surface area (Å²) >= 11 is 0. The fourth-order valence-corrected chi connectivity index (χ4v) is 1.84. The first-order valence-electron chi connectivity index (χ1n) is 6.89. The van der Waals surface area contributed by atoms with Gasteiger partial charge in [0.2, 0.25) is 0 Å². The number of aryl methyl sites for hydroxylation is 1. The summed E-state index contributed by atoms with van der Waals surface area (Å²) < 4.78 is 0. The number of anilines is 1. The number of urea groups is 1. The van der Waals surface area contributed by atoms with Crippen molar-refractivity contribution >= 4 is 17.7 Å². The van der Waals surface area contributed by atoms with Crippen LogP contribution in [0.3, 0.4) is 0 Å². The van der Waals surface area contributed by atoms with Gasteiger partial charge >= 0.3 is 12.0 Å². The number of nitrogens with one attached hydrogen (secondary N) is 1. The fraction of sp³-hybridized carbons (Fsp3) is 0.467. The molecule has 0 aliphatic heterocycles. The van der Waals surface area contributed by atoms with Gasteiger partial charge in [0.05, 0.1) is 5.56 Å². The van der Waals surface area contributed by atoms with Crippen molar-refractivity contribution in [1.29, 1.82) is 0 Å². The highest BCUT2D eigenvalue weighted by Gasteiger charge is 2.13. The number of hydrogen-bond acceptors (Lipinski definition) is 2. The van der Waals surface area contributed by atoms with Gasteiger partial charge in [0.1, 0.15) is 0 Å². The van der Waals surface area contributed by atoms with Crippen molar-refractivity contribution in [3.8, 4) is 0 Å². The second-order valence-electron chi connectivity index (χ2n) is 4.70. The highest BCUT2D eigenvalue weighted by Crippen LogP contribution is 2.17. The van der Waals surface area contributed by atoms with Gasteiger partial charge in [-0.3, -0.25) is 0 Å². The van der Waals surface area contributed by atoms with Crippen molar-refractivity contribution in [3.63, 3.8) is 0 Å². The Morgan fingerprint density at radius 2 is 2.00 bits per heavy atom. The Balaban J connectivity index is 2.83. The molecule has 0 aromatic heterocycles. The van der Waals surface area contributed by atoms with E-state index in [2.05, 4.69) is 12.2 Å². The van der Waals surface area contributed by atoms with Gasteiger partial charge in [0, 0.05) is 18.8 Å². The van der Waals surface area contributed by atoms with Gasteiger partial charge in [-0.05, 0) is 38.0 Å². The summed E-state index contributed by atoms with van der Waals surface area (Å²) in [6.07, 6.45) is 1.98. The largest absolute Gasteiger partial charge is 0.478 e. The number of aromatic carboxylic acids is 1. The van der Waals surface area contributed by atoms with E-state index in [9.17, 15) is 9.59 Å². The third kappa shape index (κ3) is 4.26. The Kier molecular flexibility index (Phi) is 6.03. The second kappa shape index (κ2) is 7.53. The maximum absolute atomic E-state index is 12.2. The summed E-state index contributed by atoms with van der Waals surface area (Å²) in [5, 5.41) is 11.8. The molecule has 1 aromatic rings. The van der Waals surface area contributed by atoms with Crippen LogP contribution in [-0.2, 0) is 0 Å². The Labute approximate surface area is 119 Å². The van der Waals surface area contributed by atoms with Crippen LogP contribution in [-0.4, -0.2) is 35.1 Å². The first-order valence-corrected chi connectivity index (χ1v) is 6.89. The smallest absolute Gasteiger partial charge is 0.335 e. The van der Waals surface area contributed by atoms with E-state index >= 15 is 0 Å². The number of rotatable bonds is 6. The lowest BCUT2D eigenvalue weighted by Crippen LogP contribution is -2.35. The average Bonchev–Trinajstić information content (AvgIpc) is 2.41. The normalized spacial score (nSPS) is 10.2. The van der Waals surface area contributed by atoms with Crippen LogP contribution >= 0.6 is 0 Å². The highest BCUT2D eigenvalue weighted by atomic mass is 16.4. The minimum Gasteiger partial charge on any atom is -0.478 e. The van der Waals surface area contributed by atoms with Crippen molar-refractivity contribution in [2.24, 2.45) is 0 Å². The van der Waals surface area contributed by atoms with E-state index in [1.54, 1.807) is 11.0 Å². The van der Waals surface area contributed by atoms with E-state index in [1.807, 2.05) is 13.8 Å². The molecule has 0 heterocycles. The molecule has 0 atom stereocenters. The summed E-state index contributed by atoms with van der Waals surface area (Å²) in [7, 11) is 0. The molecule has 2 N–H and O–H groups in total. The predicted molar refractivity (Wildman–Crippen MR) is 79.3 cm³/mol. The number of benzene rings is 1. The Morgan fingerprint density at radius 3 is 2.55 bits per heavy atom. The number of unbranched alkanes of at least 4 members (excludes halogenated alkanes) is 1. The zero-order valence-electron chi connectivity index (χ0n) is 12.3. The SMILES string of the molecule is CCCCN(CC)C(=O)Nc1cc(C(=O)O)ccc1C. The molecule has 0 aliphatic rings. The van der Waals surface area contributed by atoms with E-state index in [4.69, 9.17) is 5.11 Å². The highest BCUT2D eigenvalue weighted by molar-refractivity contribution is 5.94. The van der Waals surface area contributed by atoms with Crippen LogP contribution in [0.4, 0.5) is 10.5 Å². The molecule has 0 saturated heterocycles. The molecular formula is C15H22N2O3. The Morgan fingerprint density at radius 1 is 1.30 bits per heavy atom. The fourth-order valence-electron chi connectivity index (χ4n) is 1.84. The number of carboxylic acids is 1. The van der Waals surface area contributed by atoms with Crippen LogP contribution in [0.25, 0.3) is 0 Å². The molecule has 0 radical (unpaired) electrons. The minimum absolute atomic E-state index is 0.169. The molecule has 2 amide bonds. The summed E-state index contributed by atoms with van der Waals surface area (Å²) in [6.45, 7) is 7.17. The topological polar surface area (TPSA) is 69.6 Å². The monoisotopic (exact) mass is 278 g/mol. The van der Waals surface area contributed by atoms with Crippen LogP contribution in [0.15, 0.2) is 18.2 Å². The maximum atomic E-state index is 12.2. The number of amides is 2. The van der Waals surface area contributed by atoms with Crippen LogP contribution in [0.1, 0.15) is 42.6 Å². The third-order valence-corrected chi connectivity index (χ3v) is 3.18. The molecule has 5 heteroatoms. The molecule has 0 fully saturated rings. The Hall–Kier alpha value is -2.04. The number of carboxylic acid groups (broad SMARTS) is 1. The van der Waals surface area contributed by atoms with Gasteiger partial charge in [0.25, 0.3) is 0 Å². The molecule has 20 heavy (non-hydrogen) atoms. The van der Waals surface area contributed by atoms with Crippen molar-refractivity contribution < 1.29 is 14.7 Å². The molecule has 0 saturated carbocycles. The van der Waals surface area contributed by atoms with E-state index < -0.39 is 5.97 Å². The van der Waals surface area contributed by atoms with Crippen LogP contribution in [0.5, 0.6) is 0 Å². The molecular weight excluding hydrogens is 256 g/mol. The molecule has 110 valence electrons. The van der Waals surface area contributed by atoms with Gasteiger partial charge in [-0.25, -0.2) is 9.59 Å². The summed E-state index contributed by atoms with van der Waals surface area (Å²) in [6, 6.07) is 4.53. The van der Waals surface area contributed by atoms with E-state index in [0.29, 0.717) is 18.8 Å². The number of carbonyl (C=O) groups is 2.